The van der Waals surface area contributed by atoms with Gasteiger partial charge in [0.15, 0.2) is 0 Å². The van der Waals surface area contributed by atoms with Gasteiger partial charge in [-0.2, -0.15) is 0 Å². The maximum atomic E-state index is 12.5. The minimum absolute atomic E-state index is 0.240. The Bertz CT molecular complexity index is 1310. The number of benzene rings is 2. The van der Waals surface area contributed by atoms with Gasteiger partial charge < -0.3 is 0 Å². The van der Waals surface area contributed by atoms with E-state index in [1.165, 1.54) is 16.3 Å². The summed E-state index contributed by atoms with van der Waals surface area (Å²) < 4.78 is 0. The molecule has 1 N–H and O–H groups in total. The van der Waals surface area contributed by atoms with Crippen molar-refractivity contribution in [3.05, 3.63) is 75.2 Å². The van der Waals surface area contributed by atoms with Gasteiger partial charge in [-0.15, -0.1) is 22.9 Å². The summed E-state index contributed by atoms with van der Waals surface area (Å²) in [5.74, 6) is -0.240. The van der Waals surface area contributed by atoms with Crippen LogP contribution in [0.1, 0.15) is 17.2 Å². The minimum Gasteiger partial charge on any atom is -0.271 e. The summed E-state index contributed by atoms with van der Waals surface area (Å²) in [5, 5.41) is 5.16. The molecule has 3 heterocycles. The van der Waals surface area contributed by atoms with Crippen molar-refractivity contribution in [3.8, 4) is 11.3 Å². The molecule has 0 saturated carbocycles. The Morgan fingerprint density at radius 3 is 2.65 bits per heavy atom. The highest BCUT2D eigenvalue weighted by atomic mass is 35.5. The van der Waals surface area contributed by atoms with Gasteiger partial charge >= 0.3 is 0 Å². The molecule has 5 nitrogen and oxygen atoms in total. The Labute approximate surface area is 197 Å². The lowest BCUT2D eigenvalue weighted by atomic mass is 9.95. The van der Waals surface area contributed by atoms with Crippen molar-refractivity contribution < 1.29 is 4.79 Å². The van der Waals surface area contributed by atoms with Crippen molar-refractivity contribution in [2.24, 2.45) is 0 Å². The van der Waals surface area contributed by atoms with Crippen LogP contribution in [0.5, 0.6) is 0 Å². The maximum Gasteiger partial charge on any atom is 0.262 e. The number of pyridine rings is 1. The molecule has 0 aliphatic carbocycles. The largest absolute Gasteiger partial charge is 0.271 e. The number of nitrogens with one attached hydrogen (secondary N) is 1. The number of alkyl halides is 1. The molecule has 0 spiro atoms. The highest BCUT2D eigenvalue weighted by molar-refractivity contribution is 7.14. The number of halogens is 3. The maximum absolute atomic E-state index is 12.5. The van der Waals surface area contributed by atoms with Crippen molar-refractivity contribution in [2.75, 3.05) is 5.43 Å². The van der Waals surface area contributed by atoms with Crippen LogP contribution in [-0.2, 0) is 4.79 Å². The molecule has 1 aliphatic heterocycles. The number of aromatic nitrogens is 2. The molecule has 156 valence electrons. The number of hydrazine groups is 1. The highest BCUT2D eigenvalue weighted by Gasteiger charge is 2.49. The second-order valence-corrected chi connectivity index (χ2v) is 9.35. The lowest BCUT2D eigenvalue weighted by Crippen LogP contribution is -2.58. The van der Waals surface area contributed by atoms with Gasteiger partial charge in [-0.25, -0.2) is 15.0 Å². The van der Waals surface area contributed by atoms with Crippen molar-refractivity contribution in [3.63, 3.8) is 0 Å². The number of carbonyl (C=O) groups excluding carboxylic acids is 1. The van der Waals surface area contributed by atoms with Gasteiger partial charge in [0.25, 0.3) is 5.91 Å². The van der Waals surface area contributed by atoms with Gasteiger partial charge in [0.2, 0.25) is 5.13 Å². The molecule has 9 heteroatoms. The van der Waals surface area contributed by atoms with Crippen LogP contribution >= 0.6 is 46.1 Å². The van der Waals surface area contributed by atoms with Gasteiger partial charge in [0.05, 0.1) is 11.2 Å². The summed E-state index contributed by atoms with van der Waals surface area (Å²) >= 11 is 20.2. The lowest BCUT2D eigenvalue weighted by Gasteiger charge is -2.44. The Hall–Kier alpha value is -2.38. The molecule has 4 aromatic rings. The fourth-order valence-corrected chi connectivity index (χ4v) is 5.05. The summed E-state index contributed by atoms with van der Waals surface area (Å²) in [6.45, 7) is 1.98. The third-order valence-corrected chi connectivity index (χ3v) is 6.96. The molecular weight excluding hydrogens is 475 g/mol. The number of carbonyl (C=O) groups is 1. The van der Waals surface area contributed by atoms with Crippen LogP contribution in [0.15, 0.2) is 53.9 Å². The number of rotatable bonds is 4. The fourth-order valence-electron chi connectivity index (χ4n) is 3.60. The van der Waals surface area contributed by atoms with E-state index in [9.17, 15) is 4.79 Å². The van der Waals surface area contributed by atoms with Crippen LogP contribution in [0.4, 0.5) is 5.13 Å². The first kappa shape index (κ1) is 20.5. The van der Waals surface area contributed by atoms with Crippen LogP contribution < -0.4 is 5.43 Å². The number of para-hydroxylation sites is 1. The van der Waals surface area contributed by atoms with Gasteiger partial charge in [-0.3, -0.25) is 10.2 Å². The molecule has 2 aromatic heterocycles. The first-order valence-electron chi connectivity index (χ1n) is 9.43. The summed E-state index contributed by atoms with van der Waals surface area (Å²) in [6.07, 6.45) is 0. The second kappa shape index (κ2) is 7.95. The molecule has 1 fully saturated rings. The number of anilines is 1. The standard InChI is InChI=1S/C22H15Cl3N4OS/c1-11-3-2-4-13-9-15(20(25)27-18(11)13)19-17(24)21(30)29(19)28-22-26-16(10-31-22)12-5-7-14(23)8-6-12/h2-10,17,19H,1H3,(H,26,28). The molecule has 0 radical (unpaired) electrons. The first-order valence-corrected chi connectivity index (χ1v) is 11.5. The number of amides is 1. The SMILES string of the molecule is Cc1cccc2cc(C3C(Cl)C(=O)N3Nc3nc(-c4ccc(Cl)cc4)cs3)c(Cl)nc12. The number of hydrogen-bond acceptors (Lipinski definition) is 5. The molecule has 5 rings (SSSR count). The molecule has 1 aliphatic rings. The van der Waals surface area contributed by atoms with E-state index in [0.717, 1.165) is 27.7 Å². The quantitative estimate of drug-likeness (QED) is 0.202. The number of hydrogen-bond donors (Lipinski definition) is 1. The molecule has 0 bridgehead atoms. The van der Waals surface area contributed by atoms with Gasteiger partial charge in [-0.1, -0.05) is 53.5 Å². The number of thiazole rings is 1. The number of fused-ring (bicyclic) bond motifs is 1. The van der Waals surface area contributed by atoms with Crippen LogP contribution in [0, 0.1) is 6.92 Å². The predicted molar refractivity (Wildman–Crippen MR) is 127 cm³/mol. The highest BCUT2D eigenvalue weighted by Crippen LogP contribution is 2.42. The van der Waals surface area contributed by atoms with E-state index in [2.05, 4.69) is 15.4 Å². The van der Waals surface area contributed by atoms with E-state index < -0.39 is 11.4 Å². The lowest BCUT2D eigenvalue weighted by molar-refractivity contribution is -0.143. The minimum atomic E-state index is -0.732. The topological polar surface area (TPSA) is 58.1 Å². The molecule has 1 saturated heterocycles. The van der Waals surface area contributed by atoms with Crippen molar-refractivity contribution in [1.82, 2.24) is 15.0 Å². The Kier molecular flexibility index (Phi) is 5.26. The molecule has 2 unspecified atom stereocenters. The Morgan fingerprint density at radius 1 is 1.10 bits per heavy atom. The van der Waals surface area contributed by atoms with E-state index in [1.807, 2.05) is 60.8 Å². The Morgan fingerprint density at radius 2 is 1.87 bits per heavy atom. The van der Waals surface area contributed by atoms with Crippen LogP contribution in [0.25, 0.3) is 22.2 Å². The monoisotopic (exact) mass is 488 g/mol. The molecular formula is C22H15Cl3N4OS. The molecule has 2 aromatic carbocycles. The summed E-state index contributed by atoms with van der Waals surface area (Å²) in [6, 6.07) is 14.8. The fraction of sp³-hybridized carbons (Fsp3) is 0.136. The van der Waals surface area contributed by atoms with Crippen molar-refractivity contribution >= 4 is 68.1 Å². The van der Waals surface area contributed by atoms with Crippen LogP contribution in [0.2, 0.25) is 10.2 Å². The van der Waals surface area contributed by atoms with E-state index in [1.54, 1.807) is 0 Å². The van der Waals surface area contributed by atoms with E-state index in [0.29, 0.717) is 20.9 Å². The third-order valence-electron chi connectivity index (χ3n) is 5.24. The average molecular weight is 490 g/mol. The summed E-state index contributed by atoms with van der Waals surface area (Å²) in [5.41, 5.74) is 7.38. The zero-order valence-corrected chi connectivity index (χ0v) is 19.2. The van der Waals surface area contributed by atoms with Crippen molar-refractivity contribution in [1.29, 1.82) is 0 Å². The smallest absolute Gasteiger partial charge is 0.262 e. The zero-order valence-electron chi connectivity index (χ0n) is 16.1. The van der Waals surface area contributed by atoms with Gasteiger partial charge in [0, 0.05) is 26.9 Å². The van der Waals surface area contributed by atoms with E-state index in [4.69, 9.17) is 34.8 Å². The molecule has 1 amide bonds. The van der Waals surface area contributed by atoms with Crippen LogP contribution in [0.3, 0.4) is 0 Å². The zero-order chi connectivity index (χ0) is 21.7. The second-order valence-electron chi connectivity index (χ2n) is 7.23. The third kappa shape index (κ3) is 3.64. The number of nitrogens with zero attached hydrogens (tertiary/aromatic N) is 3. The van der Waals surface area contributed by atoms with Crippen molar-refractivity contribution in [2.45, 2.75) is 18.3 Å². The summed E-state index contributed by atoms with van der Waals surface area (Å²) in [7, 11) is 0. The van der Waals surface area contributed by atoms with Gasteiger partial charge in [0.1, 0.15) is 16.6 Å². The molecule has 31 heavy (non-hydrogen) atoms. The van der Waals surface area contributed by atoms with Gasteiger partial charge in [-0.05, 0) is 30.7 Å². The number of β-lactam (4-membered cyclic amide) rings is 1. The van der Waals surface area contributed by atoms with E-state index >= 15 is 0 Å². The Balaban J connectivity index is 1.44. The normalized spacial score (nSPS) is 18.3. The van der Waals surface area contributed by atoms with E-state index in [-0.39, 0.29) is 5.91 Å². The van der Waals surface area contributed by atoms with Crippen LogP contribution in [-0.4, -0.2) is 26.3 Å². The average Bonchev–Trinajstić information content (AvgIpc) is 3.23. The molecule has 2 atom stereocenters. The first-order chi connectivity index (χ1) is 14.9. The number of aryl methyl sites for hydroxylation is 1. The predicted octanol–water partition coefficient (Wildman–Crippen LogP) is 6.49. The summed E-state index contributed by atoms with van der Waals surface area (Å²) in [4.78, 5) is 21.7.